The predicted molar refractivity (Wildman–Crippen MR) is 193 cm³/mol. The largest absolute Gasteiger partial charge is 0.392 e. The molecule has 5 atom stereocenters. The number of nitrogens with one attached hydrogen (secondary N) is 2. The molecule has 2 amide bonds. The molecule has 4 N–H and O–H groups in total. The average Bonchev–Trinajstić information content (AvgIpc) is 3.82. The molecule has 1 saturated heterocycles. The van der Waals surface area contributed by atoms with E-state index in [1.807, 2.05) is 75.4 Å². The Labute approximate surface area is 295 Å². The maximum Gasteiger partial charge on any atom is 0.239 e. The van der Waals surface area contributed by atoms with E-state index in [1.54, 1.807) is 11.3 Å². The normalized spacial score (nSPS) is 23.2. The molecule has 49 heavy (non-hydrogen) atoms. The number of β-amino-alcohol motifs (C(OH)–C–C–N with tert-alkyl or cyclic N) is 1. The van der Waals surface area contributed by atoms with Gasteiger partial charge in [0.15, 0.2) is 0 Å². The SMILES string of the molecule is CC(C)(C)NC(=O)C1CN(Cc2csc(C3CCCC3)n2)CCN1CC(O)CC(Cc1ccccc1)C(=O)N[C@H]1c2ccccc2C[C@H]1O. The smallest absolute Gasteiger partial charge is 0.239 e. The first kappa shape index (κ1) is 35.7. The van der Waals surface area contributed by atoms with Gasteiger partial charge in [0.2, 0.25) is 11.8 Å². The van der Waals surface area contributed by atoms with E-state index in [1.165, 1.54) is 30.7 Å². The Morgan fingerprint density at radius 1 is 1.04 bits per heavy atom. The third kappa shape index (κ3) is 9.35. The number of aliphatic hydroxyl groups excluding tert-OH is 2. The van der Waals surface area contributed by atoms with Gasteiger partial charge < -0.3 is 20.8 Å². The second kappa shape index (κ2) is 15.8. The molecule has 1 aliphatic heterocycles. The molecule has 0 radical (unpaired) electrons. The summed E-state index contributed by atoms with van der Waals surface area (Å²) in [6.45, 7) is 8.86. The summed E-state index contributed by atoms with van der Waals surface area (Å²) in [6.07, 6.45) is 4.71. The molecule has 264 valence electrons. The zero-order valence-corrected chi connectivity index (χ0v) is 30.0. The van der Waals surface area contributed by atoms with E-state index in [0.29, 0.717) is 38.4 Å². The van der Waals surface area contributed by atoms with Crippen molar-refractivity contribution in [3.63, 3.8) is 0 Å². The van der Waals surface area contributed by atoms with Gasteiger partial charge in [-0.15, -0.1) is 11.3 Å². The van der Waals surface area contributed by atoms with Gasteiger partial charge in [0.1, 0.15) is 6.04 Å². The van der Waals surface area contributed by atoms with Crippen LogP contribution in [0.3, 0.4) is 0 Å². The number of hydrogen-bond donors (Lipinski definition) is 4. The van der Waals surface area contributed by atoms with Crippen LogP contribution in [0.4, 0.5) is 0 Å². The van der Waals surface area contributed by atoms with Crippen LogP contribution in [0, 0.1) is 5.92 Å². The number of carbonyl (C=O) groups is 2. The number of hydrogen-bond acceptors (Lipinski definition) is 8. The summed E-state index contributed by atoms with van der Waals surface area (Å²) in [5, 5.41) is 32.1. The fourth-order valence-corrected chi connectivity index (χ4v) is 8.78. The molecular formula is C39H53N5O4S. The van der Waals surface area contributed by atoms with Crippen molar-refractivity contribution < 1.29 is 19.8 Å². The monoisotopic (exact) mass is 687 g/mol. The van der Waals surface area contributed by atoms with Gasteiger partial charge in [-0.25, -0.2) is 4.98 Å². The van der Waals surface area contributed by atoms with Gasteiger partial charge in [-0.1, -0.05) is 67.4 Å². The predicted octanol–water partition coefficient (Wildman–Crippen LogP) is 4.59. The van der Waals surface area contributed by atoms with Gasteiger partial charge in [-0.3, -0.25) is 19.4 Å². The molecule has 3 unspecified atom stereocenters. The first-order valence-corrected chi connectivity index (χ1v) is 18.9. The zero-order valence-electron chi connectivity index (χ0n) is 29.2. The summed E-state index contributed by atoms with van der Waals surface area (Å²) < 4.78 is 0. The highest BCUT2D eigenvalue weighted by atomic mass is 32.1. The molecular weight excluding hydrogens is 635 g/mol. The van der Waals surface area contributed by atoms with Gasteiger partial charge in [0.25, 0.3) is 0 Å². The van der Waals surface area contributed by atoms with Crippen molar-refractivity contribution in [3.05, 3.63) is 87.4 Å². The minimum absolute atomic E-state index is 0.0539. The lowest BCUT2D eigenvalue weighted by molar-refractivity contribution is -0.132. The highest BCUT2D eigenvalue weighted by Gasteiger charge is 2.37. The number of benzene rings is 2. The number of fused-ring (bicyclic) bond motifs is 1. The molecule has 2 heterocycles. The second-order valence-corrected chi connectivity index (χ2v) is 16.3. The van der Waals surface area contributed by atoms with Crippen LogP contribution in [-0.4, -0.2) is 86.8 Å². The van der Waals surface area contributed by atoms with Gasteiger partial charge >= 0.3 is 0 Å². The summed E-state index contributed by atoms with van der Waals surface area (Å²) in [4.78, 5) is 37.0. The summed E-state index contributed by atoms with van der Waals surface area (Å²) in [5.74, 6) is -0.161. The average molecular weight is 688 g/mol. The van der Waals surface area contributed by atoms with E-state index in [9.17, 15) is 19.8 Å². The number of piperazine rings is 1. The molecule has 2 aliphatic carbocycles. The minimum atomic E-state index is -0.829. The second-order valence-electron chi connectivity index (χ2n) is 15.4. The number of thiazole rings is 1. The van der Waals surface area contributed by atoms with Crippen LogP contribution >= 0.6 is 11.3 Å². The first-order chi connectivity index (χ1) is 23.5. The van der Waals surface area contributed by atoms with E-state index in [2.05, 4.69) is 25.8 Å². The van der Waals surface area contributed by atoms with Gasteiger partial charge in [0, 0.05) is 61.9 Å². The van der Waals surface area contributed by atoms with Gasteiger partial charge in [-0.2, -0.15) is 0 Å². The highest BCUT2D eigenvalue weighted by molar-refractivity contribution is 7.09. The zero-order chi connectivity index (χ0) is 34.5. The van der Waals surface area contributed by atoms with Crippen LogP contribution in [0.2, 0.25) is 0 Å². The number of aliphatic hydroxyl groups is 2. The molecule has 9 nitrogen and oxygen atoms in total. The minimum Gasteiger partial charge on any atom is -0.392 e. The van der Waals surface area contributed by atoms with Crippen molar-refractivity contribution in [1.82, 2.24) is 25.4 Å². The van der Waals surface area contributed by atoms with E-state index in [-0.39, 0.29) is 24.8 Å². The molecule has 10 heteroatoms. The van der Waals surface area contributed by atoms with E-state index >= 15 is 0 Å². The Hall–Kier alpha value is -3.15. The molecule has 1 aromatic heterocycles. The Morgan fingerprint density at radius 3 is 2.53 bits per heavy atom. The number of aromatic nitrogens is 1. The third-order valence-corrected chi connectivity index (χ3v) is 11.3. The molecule has 6 rings (SSSR count). The number of carbonyl (C=O) groups excluding carboxylic acids is 2. The summed E-state index contributed by atoms with van der Waals surface area (Å²) in [6, 6.07) is 16.8. The third-order valence-electron chi connectivity index (χ3n) is 10.2. The fourth-order valence-electron chi connectivity index (χ4n) is 7.80. The van der Waals surface area contributed by atoms with Crippen molar-refractivity contribution in [2.45, 2.75) is 108 Å². The Balaban J connectivity index is 1.13. The first-order valence-electron chi connectivity index (χ1n) is 18.0. The van der Waals surface area contributed by atoms with Crippen molar-refractivity contribution in [3.8, 4) is 0 Å². The molecule has 3 aliphatic rings. The molecule has 1 saturated carbocycles. The number of nitrogens with zero attached hydrogens (tertiary/aromatic N) is 3. The molecule has 3 aromatic rings. The van der Waals surface area contributed by atoms with Crippen molar-refractivity contribution in [1.29, 1.82) is 0 Å². The van der Waals surface area contributed by atoms with Gasteiger partial charge in [0.05, 0.1) is 29.0 Å². The lowest BCUT2D eigenvalue weighted by Crippen LogP contribution is -2.62. The maximum atomic E-state index is 13.9. The summed E-state index contributed by atoms with van der Waals surface area (Å²) in [7, 11) is 0. The van der Waals surface area contributed by atoms with E-state index < -0.39 is 35.7 Å². The number of rotatable bonds is 12. The van der Waals surface area contributed by atoms with Crippen molar-refractivity contribution in [2.75, 3.05) is 26.2 Å². The standard InChI is InChI=1S/C39H53N5O4S/c1-39(2,3)42-37(48)33-24-43(22-30-25-49-38(40-30)27-13-7-8-14-27)17-18-44(33)23-31(45)20-29(19-26-11-5-4-6-12-26)36(47)41-35-32-16-10-9-15-28(32)21-34(35)46/h4-6,9-12,15-16,25,27,29,31,33-35,45-46H,7-8,13-14,17-24H2,1-3H3,(H,41,47)(H,42,48)/t29?,31?,33?,34-,35+/m1/s1. The maximum absolute atomic E-state index is 13.9. The highest BCUT2D eigenvalue weighted by Crippen LogP contribution is 2.36. The lowest BCUT2D eigenvalue weighted by Gasteiger charge is -2.42. The molecule has 2 aromatic carbocycles. The quantitative estimate of drug-likeness (QED) is 0.220. The lowest BCUT2D eigenvalue weighted by atomic mass is 9.91. The Morgan fingerprint density at radius 2 is 1.78 bits per heavy atom. The van der Waals surface area contributed by atoms with Crippen LogP contribution in [0.1, 0.15) is 92.2 Å². The summed E-state index contributed by atoms with van der Waals surface area (Å²) in [5.41, 5.74) is 3.68. The van der Waals surface area contributed by atoms with Crippen LogP contribution in [0.5, 0.6) is 0 Å². The fraction of sp³-hybridized carbons (Fsp3) is 0.564. The molecule has 0 spiro atoms. The van der Waals surface area contributed by atoms with E-state index in [0.717, 1.165) is 28.9 Å². The Kier molecular flexibility index (Phi) is 11.5. The van der Waals surface area contributed by atoms with Crippen LogP contribution in [0.25, 0.3) is 0 Å². The van der Waals surface area contributed by atoms with Crippen molar-refractivity contribution >= 4 is 23.2 Å². The number of amides is 2. The molecule has 0 bridgehead atoms. The van der Waals surface area contributed by atoms with Crippen LogP contribution in [-0.2, 0) is 29.0 Å². The van der Waals surface area contributed by atoms with Gasteiger partial charge in [-0.05, 0) is 63.1 Å². The Bertz CT molecular complexity index is 1550. The van der Waals surface area contributed by atoms with Crippen molar-refractivity contribution in [2.24, 2.45) is 5.92 Å². The van der Waals surface area contributed by atoms with Crippen LogP contribution < -0.4 is 10.6 Å². The van der Waals surface area contributed by atoms with Crippen LogP contribution in [0.15, 0.2) is 60.0 Å². The topological polar surface area (TPSA) is 118 Å². The molecule has 2 fully saturated rings. The summed E-state index contributed by atoms with van der Waals surface area (Å²) >= 11 is 1.77. The van der Waals surface area contributed by atoms with E-state index in [4.69, 9.17) is 4.98 Å².